The molecule has 0 saturated carbocycles. The molecule has 78 valence electrons. The lowest BCUT2D eigenvalue weighted by molar-refractivity contribution is 0.779. The molecule has 2 N–H and O–H groups in total. The van der Waals surface area contributed by atoms with Gasteiger partial charge in [0.15, 0.2) is 5.82 Å². The molecule has 15 heavy (non-hydrogen) atoms. The first-order valence-electron chi connectivity index (χ1n) is 4.55. The molecule has 2 aromatic rings. The highest BCUT2D eigenvalue weighted by Gasteiger charge is 2.10. The van der Waals surface area contributed by atoms with Crippen LogP contribution in [0, 0.1) is 6.92 Å². The van der Waals surface area contributed by atoms with Gasteiger partial charge in [0.25, 0.3) is 0 Å². The molecule has 0 aromatic carbocycles. The van der Waals surface area contributed by atoms with Crippen LogP contribution in [0.3, 0.4) is 0 Å². The lowest BCUT2D eigenvalue weighted by atomic mass is 10.3. The van der Waals surface area contributed by atoms with Crippen molar-refractivity contribution in [3.05, 3.63) is 23.8 Å². The highest BCUT2D eigenvalue weighted by Crippen LogP contribution is 2.10. The maximum absolute atomic E-state index is 4.21. The van der Waals surface area contributed by atoms with Crippen LogP contribution in [0.1, 0.15) is 24.5 Å². The Balaban J connectivity index is 2.09. The van der Waals surface area contributed by atoms with Gasteiger partial charge in [-0.2, -0.15) is 5.21 Å². The van der Waals surface area contributed by atoms with E-state index in [0.717, 1.165) is 5.69 Å². The van der Waals surface area contributed by atoms with Crippen molar-refractivity contribution >= 4 is 5.95 Å². The standard InChI is InChI=1S/C8H11N7/c1-5-3-4-9-8(10-5)11-6(2)7-12-14-15-13-7/h3-4,6H,1-2H3,(H,9,10,11)(H,12,13,14,15). The SMILES string of the molecule is Cc1ccnc(NC(C)c2nn[nH]n2)n1. The Morgan fingerprint density at radius 3 is 3.00 bits per heavy atom. The average Bonchev–Trinajstić information content (AvgIpc) is 2.70. The summed E-state index contributed by atoms with van der Waals surface area (Å²) < 4.78 is 0. The van der Waals surface area contributed by atoms with E-state index in [4.69, 9.17) is 0 Å². The normalized spacial score (nSPS) is 12.4. The first-order chi connectivity index (χ1) is 7.25. The molecule has 2 aromatic heterocycles. The second kappa shape index (κ2) is 3.99. The van der Waals surface area contributed by atoms with Crippen LogP contribution in [0.4, 0.5) is 5.95 Å². The van der Waals surface area contributed by atoms with E-state index in [-0.39, 0.29) is 6.04 Å². The Hall–Kier alpha value is -2.05. The third kappa shape index (κ3) is 2.25. The summed E-state index contributed by atoms with van der Waals surface area (Å²) in [6.07, 6.45) is 1.70. The number of aryl methyl sites for hydroxylation is 1. The van der Waals surface area contributed by atoms with E-state index in [1.54, 1.807) is 6.20 Å². The average molecular weight is 205 g/mol. The molecule has 0 bridgehead atoms. The van der Waals surface area contributed by atoms with Gasteiger partial charge in [0, 0.05) is 11.9 Å². The molecule has 2 rings (SSSR count). The van der Waals surface area contributed by atoms with Gasteiger partial charge in [-0.3, -0.25) is 0 Å². The van der Waals surface area contributed by atoms with E-state index in [9.17, 15) is 0 Å². The summed E-state index contributed by atoms with van der Waals surface area (Å²) in [5, 5.41) is 16.7. The van der Waals surface area contributed by atoms with Crippen molar-refractivity contribution in [1.82, 2.24) is 30.6 Å². The topological polar surface area (TPSA) is 92.3 Å². The molecular weight excluding hydrogens is 194 g/mol. The summed E-state index contributed by atoms with van der Waals surface area (Å²) in [7, 11) is 0. The molecule has 0 fully saturated rings. The number of tetrazole rings is 1. The Bertz CT molecular complexity index is 424. The molecule has 0 aliphatic carbocycles. The summed E-state index contributed by atoms with van der Waals surface area (Å²) >= 11 is 0. The molecule has 0 aliphatic rings. The Labute approximate surface area is 86.3 Å². The van der Waals surface area contributed by atoms with E-state index in [0.29, 0.717) is 11.8 Å². The lowest BCUT2D eigenvalue weighted by Crippen LogP contribution is -2.11. The largest absolute Gasteiger partial charge is 0.344 e. The Kier molecular flexibility index (Phi) is 2.53. The van der Waals surface area contributed by atoms with Crippen molar-refractivity contribution in [1.29, 1.82) is 0 Å². The number of nitrogens with one attached hydrogen (secondary N) is 2. The van der Waals surface area contributed by atoms with Gasteiger partial charge in [-0.05, 0) is 19.9 Å². The zero-order valence-corrected chi connectivity index (χ0v) is 8.47. The van der Waals surface area contributed by atoms with Gasteiger partial charge < -0.3 is 5.32 Å². The van der Waals surface area contributed by atoms with Crippen LogP contribution in [0.15, 0.2) is 12.3 Å². The number of hydrogen-bond donors (Lipinski definition) is 2. The van der Waals surface area contributed by atoms with Crippen LogP contribution in [0.2, 0.25) is 0 Å². The number of rotatable bonds is 3. The van der Waals surface area contributed by atoms with Gasteiger partial charge in [0.05, 0.1) is 6.04 Å². The van der Waals surface area contributed by atoms with E-state index in [1.807, 2.05) is 19.9 Å². The summed E-state index contributed by atoms with van der Waals surface area (Å²) in [6.45, 7) is 3.82. The van der Waals surface area contributed by atoms with Crippen molar-refractivity contribution in [2.45, 2.75) is 19.9 Å². The van der Waals surface area contributed by atoms with E-state index in [2.05, 4.69) is 35.9 Å². The number of nitrogens with zero attached hydrogens (tertiary/aromatic N) is 5. The molecule has 0 radical (unpaired) electrons. The van der Waals surface area contributed by atoms with E-state index in [1.165, 1.54) is 0 Å². The fourth-order valence-corrected chi connectivity index (χ4v) is 1.13. The number of hydrogen-bond acceptors (Lipinski definition) is 6. The summed E-state index contributed by atoms with van der Waals surface area (Å²) in [4.78, 5) is 8.30. The van der Waals surface area contributed by atoms with Crippen LogP contribution in [-0.4, -0.2) is 30.6 Å². The molecule has 1 unspecified atom stereocenters. The monoisotopic (exact) mass is 205 g/mol. The lowest BCUT2D eigenvalue weighted by Gasteiger charge is -2.09. The van der Waals surface area contributed by atoms with Crippen molar-refractivity contribution in [2.75, 3.05) is 5.32 Å². The van der Waals surface area contributed by atoms with Crippen LogP contribution in [0.5, 0.6) is 0 Å². The van der Waals surface area contributed by atoms with Crippen LogP contribution >= 0.6 is 0 Å². The van der Waals surface area contributed by atoms with Crippen molar-refractivity contribution < 1.29 is 0 Å². The van der Waals surface area contributed by atoms with Gasteiger partial charge in [-0.15, -0.1) is 10.2 Å². The predicted molar refractivity (Wildman–Crippen MR) is 53.0 cm³/mol. The number of aromatic nitrogens is 6. The summed E-state index contributed by atoms with van der Waals surface area (Å²) in [5.41, 5.74) is 0.910. The minimum atomic E-state index is -0.0782. The Morgan fingerprint density at radius 2 is 2.33 bits per heavy atom. The zero-order valence-electron chi connectivity index (χ0n) is 8.47. The molecule has 0 amide bonds. The molecule has 0 saturated heterocycles. The maximum atomic E-state index is 4.21. The highest BCUT2D eigenvalue weighted by molar-refractivity contribution is 5.27. The summed E-state index contributed by atoms with van der Waals surface area (Å²) in [6, 6.07) is 1.76. The number of anilines is 1. The van der Waals surface area contributed by atoms with E-state index >= 15 is 0 Å². The molecule has 0 spiro atoms. The van der Waals surface area contributed by atoms with Gasteiger partial charge in [-0.25, -0.2) is 9.97 Å². The summed E-state index contributed by atoms with van der Waals surface area (Å²) in [5.74, 6) is 1.15. The molecule has 2 heterocycles. The minimum Gasteiger partial charge on any atom is -0.344 e. The van der Waals surface area contributed by atoms with Crippen molar-refractivity contribution in [2.24, 2.45) is 0 Å². The molecule has 7 heteroatoms. The smallest absolute Gasteiger partial charge is 0.223 e. The number of H-pyrrole nitrogens is 1. The fraction of sp³-hybridized carbons (Fsp3) is 0.375. The van der Waals surface area contributed by atoms with E-state index < -0.39 is 0 Å². The molecular formula is C8H11N7. The second-order valence-corrected chi connectivity index (χ2v) is 3.16. The molecule has 1 atom stereocenters. The first kappa shape index (κ1) is 9.50. The van der Waals surface area contributed by atoms with Crippen molar-refractivity contribution in [3.63, 3.8) is 0 Å². The Morgan fingerprint density at radius 1 is 1.47 bits per heavy atom. The third-order valence-corrected chi connectivity index (χ3v) is 1.89. The van der Waals surface area contributed by atoms with Crippen LogP contribution < -0.4 is 5.32 Å². The molecule has 0 aliphatic heterocycles. The van der Waals surface area contributed by atoms with Crippen LogP contribution in [-0.2, 0) is 0 Å². The number of aromatic amines is 1. The van der Waals surface area contributed by atoms with Gasteiger partial charge in [-0.1, -0.05) is 5.21 Å². The first-order valence-corrected chi connectivity index (χ1v) is 4.55. The van der Waals surface area contributed by atoms with Crippen LogP contribution in [0.25, 0.3) is 0 Å². The molecule has 7 nitrogen and oxygen atoms in total. The third-order valence-electron chi connectivity index (χ3n) is 1.89. The fourth-order valence-electron chi connectivity index (χ4n) is 1.13. The quantitative estimate of drug-likeness (QED) is 0.756. The minimum absolute atomic E-state index is 0.0782. The zero-order chi connectivity index (χ0) is 10.7. The predicted octanol–water partition coefficient (Wildman–Crippen LogP) is 0.471. The highest BCUT2D eigenvalue weighted by atomic mass is 15.5. The maximum Gasteiger partial charge on any atom is 0.223 e. The van der Waals surface area contributed by atoms with Gasteiger partial charge in [0.2, 0.25) is 5.95 Å². The second-order valence-electron chi connectivity index (χ2n) is 3.16. The van der Waals surface area contributed by atoms with Gasteiger partial charge in [0.1, 0.15) is 0 Å². The van der Waals surface area contributed by atoms with Gasteiger partial charge >= 0.3 is 0 Å². The van der Waals surface area contributed by atoms with Crippen molar-refractivity contribution in [3.8, 4) is 0 Å².